The highest BCUT2D eigenvalue weighted by molar-refractivity contribution is 5.99. The monoisotopic (exact) mass is 487 g/mol. The molecule has 5 rings (SSSR count). The summed E-state index contributed by atoms with van der Waals surface area (Å²) in [4.78, 5) is 30.7. The maximum atomic E-state index is 13.8. The Labute approximate surface area is 216 Å². The molecule has 0 saturated carbocycles. The summed E-state index contributed by atoms with van der Waals surface area (Å²) in [6.45, 7) is 2.00. The van der Waals surface area contributed by atoms with Crippen molar-refractivity contribution in [1.82, 2.24) is 10.3 Å². The fraction of sp³-hybridized carbons (Fsp3) is 0.125. The van der Waals surface area contributed by atoms with E-state index < -0.39 is 12.0 Å². The molecule has 0 aliphatic rings. The van der Waals surface area contributed by atoms with Gasteiger partial charge in [-0.3, -0.25) is 9.59 Å². The van der Waals surface area contributed by atoms with E-state index in [0.717, 1.165) is 33.2 Å². The van der Waals surface area contributed by atoms with Gasteiger partial charge in [-0.2, -0.15) is 0 Å². The van der Waals surface area contributed by atoms with Crippen molar-refractivity contribution >= 4 is 28.4 Å². The number of amides is 2. The van der Waals surface area contributed by atoms with Crippen LogP contribution in [0.15, 0.2) is 115 Å². The van der Waals surface area contributed by atoms with Crippen LogP contribution in [-0.4, -0.2) is 22.8 Å². The Morgan fingerprint density at radius 2 is 1.32 bits per heavy atom. The van der Waals surface area contributed by atoms with E-state index in [1.807, 2.05) is 122 Å². The number of fused-ring (bicyclic) bond motifs is 1. The maximum absolute atomic E-state index is 13.8. The lowest BCUT2D eigenvalue weighted by Gasteiger charge is -2.23. The van der Waals surface area contributed by atoms with Gasteiger partial charge in [-0.05, 0) is 41.8 Å². The number of hydrogen-bond acceptors (Lipinski definition) is 2. The molecule has 5 heteroatoms. The van der Waals surface area contributed by atoms with Gasteiger partial charge in [-0.15, -0.1) is 0 Å². The predicted octanol–water partition coefficient (Wildman–Crippen LogP) is 5.97. The van der Waals surface area contributed by atoms with Gasteiger partial charge in [0.1, 0.15) is 6.04 Å². The first-order valence-electron chi connectivity index (χ1n) is 12.4. The molecule has 0 unspecified atom stereocenters. The van der Waals surface area contributed by atoms with Crippen molar-refractivity contribution in [2.24, 2.45) is 0 Å². The van der Waals surface area contributed by atoms with Crippen molar-refractivity contribution in [3.8, 4) is 0 Å². The van der Waals surface area contributed by atoms with Crippen LogP contribution in [0.5, 0.6) is 0 Å². The second-order valence-electron chi connectivity index (χ2n) is 9.23. The van der Waals surface area contributed by atoms with Gasteiger partial charge in [0.05, 0.1) is 5.92 Å². The minimum Gasteiger partial charge on any atom is -0.361 e. The predicted molar refractivity (Wildman–Crippen MR) is 148 cm³/mol. The zero-order valence-electron chi connectivity index (χ0n) is 20.6. The molecular weight excluding hydrogens is 458 g/mol. The van der Waals surface area contributed by atoms with Crippen LogP contribution in [0.25, 0.3) is 10.9 Å². The summed E-state index contributed by atoms with van der Waals surface area (Å²) in [5.74, 6) is -1.02. The third-order valence-electron chi connectivity index (χ3n) is 6.58. The van der Waals surface area contributed by atoms with Crippen molar-refractivity contribution in [2.45, 2.75) is 25.3 Å². The third kappa shape index (κ3) is 5.62. The van der Waals surface area contributed by atoms with Gasteiger partial charge in [0.15, 0.2) is 0 Å². The molecule has 3 N–H and O–H groups in total. The molecular formula is C32H29N3O2. The molecule has 0 fully saturated rings. The minimum atomic E-state index is -0.775. The molecule has 5 nitrogen and oxygen atoms in total. The summed E-state index contributed by atoms with van der Waals surface area (Å²) in [7, 11) is 0. The van der Waals surface area contributed by atoms with Crippen LogP contribution in [0.3, 0.4) is 0 Å². The van der Waals surface area contributed by atoms with Crippen LogP contribution < -0.4 is 10.6 Å². The summed E-state index contributed by atoms with van der Waals surface area (Å²) in [6.07, 6.45) is 2.26. The SMILES string of the molecule is Cc1ccc(NC(=O)[C@H](Cc2c[nH]c3ccccc23)NC(=O)C(c2ccccc2)c2ccccc2)cc1. The zero-order chi connectivity index (χ0) is 25.6. The van der Waals surface area contributed by atoms with E-state index in [9.17, 15) is 9.59 Å². The Bertz CT molecular complexity index is 1450. The second kappa shape index (κ2) is 11.0. The number of nitrogens with one attached hydrogen (secondary N) is 3. The van der Waals surface area contributed by atoms with Gasteiger partial charge in [-0.25, -0.2) is 0 Å². The van der Waals surface area contributed by atoms with Gasteiger partial charge in [-0.1, -0.05) is 96.6 Å². The Morgan fingerprint density at radius 1 is 0.730 bits per heavy atom. The number of aromatic amines is 1. The summed E-state index contributed by atoms with van der Waals surface area (Å²) in [5, 5.41) is 7.11. The lowest BCUT2D eigenvalue weighted by atomic mass is 9.90. The summed E-state index contributed by atoms with van der Waals surface area (Å²) >= 11 is 0. The van der Waals surface area contributed by atoms with Crippen molar-refractivity contribution < 1.29 is 9.59 Å². The number of rotatable bonds is 8. The van der Waals surface area contributed by atoms with Crippen LogP contribution in [0.1, 0.15) is 28.2 Å². The van der Waals surface area contributed by atoms with Gasteiger partial charge >= 0.3 is 0 Å². The first-order chi connectivity index (χ1) is 18.1. The normalized spacial score (nSPS) is 11.8. The van der Waals surface area contributed by atoms with Crippen LogP contribution in [0.2, 0.25) is 0 Å². The molecule has 0 radical (unpaired) electrons. The largest absolute Gasteiger partial charge is 0.361 e. The van der Waals surface area contributed by atoms with Gasteiger partial charge in [0.25, 0.3) is 0 Å². The molecule has 1 aromatic heterocycles. The van der Waals surface area contributed by atoms with E-state index in [4.69, 9.17) is 0 Å². The molecule has 0 aliphatic heterocycles. The second-order valence-corrected chi connectivity index (χ2v) is 9.23. The van der Waals surface area contributed by atoms with E-state index >= 15 is 0 Å². The highest BCUT2D eigenvalue weighted by Gasteiger charge is 2.28. The maximum Gasteiger partial charge on any atom is 0.247 e. The highest BCUT2D eigenvalue weighted by atomic mass is 16.2. The molecule has 0 spiro atoms. The smallest absolute Gasteiger partial charge is 0.247 e. The number of aryl methyl sites for hydroxylation is 1. The average Bonchev–Trinajstić information content (AvgIpc) is 3.34. The van der Waals surface area contributed by atoms with Crippen LogP contribution in [0.4, 0.5) is 5.69 Å². The van der Waals surface area contributed by atoms with Crippen LogP contribution in [0, 0.1) is 6.92 Å². The average molecular weight is 488 g/mol. The first kappa shape index (κ1) is 24.1. The standard InChI is InChI=1S/C32H29N3O2/c1-22-16-18-26(19-17-22)34-31(36)29(20-25-21-33-28-15-9-8-14-27(25)28)35-32(37)30(23-10-4-2-5-11-23)24-12-6-3-7-13-24/h2-19,21,29-30,33H,20H2,1H3,(H,34,36)(H,35,37)/t29-/m0/s1. The molecule has 5 aromatic rings. The third-order valence-corrected chi connectivity index (χ3v) is 6.58. The van der Waals surface area contributed by atoms with Crippen LogP contribution in [-0.2, 0) is 16.0 Å². The number of hydrogen-bond donors (Lipinski definition) is 3. The molecule has 37 heavy (non-hydrogen) atoms. The Morgan fingerprint density at radius 3 is 1.97 bits per heavy atom. The first-order valence-corrected chi connectivity index (χ1v) is 12.4. The molecule has 0 aliphatic carbocycles. The number of anilines is 1. The van der Waals surface area contributed by atoms with Crippen LogP contribution >= 0.6 is 0 Å². The Hall–Kier alpha value is -4.64. The Balaban J connectivity index is 1.46. The van der Waals surface area contributed by atoms with Crippen molar-refractivity contribution in [3.63, 3.8) is 0 Å². The number of benzene rings is 4. The summed E-state index contributed by atoms with van der Waals surface area (Å²) in [6, 6.07) is 34.1. The van der Waals surface area contributed by atoms with E-state index in [-0.39, 0.29) is 11.8 Å². The lowest BCUT2D eigenvalue weighted by molar-refractivity contribution is -0.126. The minimum absolute atomic E-state index is 0.221. The van der Waals surface area contributed by atoms with E-state index in [1.54, 1.807) is 0 Å². The number of carbonyl (C=O) groups excluding carboxylic acids is 2. The number of para-hydroxylation sites is 1. The van der Waals surface area contributed by atoms with Gasteiger partial charge in [0.2, 0.25) is 11.8 Å². The molecule has 1 atom stereocenters. The van der Waals surface area contributed by atoms with E-state index in [2.05, 4.69) is 15.6 Å². The van der Waals surface area contributed by atoms with Crippen molar-refractivity contribution in [3.05, 3.63) is 138 Å². The molecule has 0 bridgehead atoms. The molecule has 0 saturated heterocycles. The molecule has 184 valence electrons. The number of aromatic nitrogens is 1. The van der Waals surface area contributed by atoms with Crippen molar-refractivity contribution in [1.29, 1.82) is 0 Å². The van der Waals surface area contributed by atoms with Gasteiger partial charge < -0.3 is 15.6 Å². The quantitative estimate of drug-likeness (QED) is 0.252. The zero-order valence-corrected chi connectivity index (χ0v) is 20.6. The van der Waals surface area contributed by atoms with E-state index in [1.165, 1.54) is 0 Å². The Kier molecular flexibility index (Phi) is 7.13. The number of H-pyrrole nitrogens is 1. The lowest BCUT2D eigenvalue weighted by Crippen LogP contribution is -2.47. The fourth-order valence-corrected chi connectivity index (χ4v) is 4.64. The molecule has 4 aromatic carbocycles. The summed E-state index contributed by atoms with van der Waals surface area (Å²) in [5.41, 5.74) is 5.50. The summed E-state index contributed by atoms with van der Waals surface area (Å²) < 4.78 is 0. The molecule has 2 amide bonds. The van der Waals surface area contributed by atoms with Gasteiger partial charge in [0, 0.05) is 29.2 Å². The highest BCUT2D eigenvalue weighted by Crippen LogP contribution is 2.26. The van der Waals surface area contributed by atoms with Crippen molar-refractivity contribution in [2.75, 3.05) is 5.32 Å². The fourth-order valence-electron chi connectivity index (χ4n) is 4.64. The number of carbonyl (C=O) groups is 2. The molecule has 1 heterocycles. The topological polar surface area (TPSA) is 74.0 Å². The van der Waals surface area contributed by atoms with E-state index in [0.29, 0.717) is 12.1 Å².